The lowest BCUT2D eigenvalue weighted by Crippen LogP contribution is -2.66. The highest BCUT2D eigenvalue weighted by Gasteiger charge is 2.43. The summed E-state index contributed by atoms with van der Waals surface area (Å²) in [7, 11) is 0. The number of carbonyl (C=O) groups excluding carboxylic acids is 1. The van der Waals surface area contributed by atoms with E-state index in [4.69, 9.17) is 0 Å². The number of piperazine rings is 1. The Morgan fingerprint density at radius 1 is 1.19 bits per heavy atom. The van der Waals surface area contributed by atoms with Crippen molar-refractivity contribution in [2.75, 3.05) is 19.6 Å². The van der Waals surface area contributed by atoms with E-state index in [1.165, 1.54) is 57.8 Å². The van der Waals surface area contributed by atoms with Gasteiger partial charge in [-0.05, 0) is 32.6 Å². The maximum Gasteiger partial charge on any atom is 0.237 e. The molecule has 1 amide bonds. The van der Waals surface area contributed by atoms with Gasteiger partial charge in [0.15, 0.2) is 0 Å². The first-order valence-electron chi connectivity index (χ1n) is 8.99. The van der Waals surface area contributed by atoms with Gasteiger partial charge in [-0.1, -0.05) is 32.1 Å². The second-order valence-electron chi connectivity index (χ2n) is 7.32. The fourth-order valence-corrected chi connectivity index (χ4v) is 4.67. The zero-order chi connectivity index (χ0) is 14.7. The monoisotopic (exact) mass is 293 g/mol. The molecule has 1 aliphatic heterocycles. The maximum atomic E-state index is 12.7. The van der Waals surface area contributed by atoms with Crippen LogP contribution in [0.3, 0.4) is 0 Å². The Bertz CT molecular complexity index is 351. The van der Waals surface area contributed by atoms with Gasteiger partial charge in [0, 0.05) is 31.2 Å². The van der Waals surface area contributed by atoms with Gasteiger partial charge in [0.2, 0.25) is 5.91 Å². The molecule has 120 valence electrons. The van der Waals surface area contributed by atoms with E-state index in [0.29, 0.717) is 6.04 Å². The molecular formula is C17H31N3O. The Hall–Kier alpha value is -0.610. The molecule has 0 aromatic rings. The summed E-state index contributed by atoms with van der Waals surface area (Å²) in [5.74, 6) is 0.258. The number of carbonyl (C=O) groups is 1. The van der Waals surface area contributed by atoms with Crippen molar-refractivity contribution in [1.29, 1.82) is 0 Å². The molecule has 4 nitrogen and oxygen atoms in total. The van der Waals surface area contributed by atoms with Crippen LogP contribution in [-0.4, -0.2) is 48.1 Å². The zero-order valence-electron chi connectivity index (χ0n) is 13.5. The lowest BCUT2D eigenvalue weighted by molar-refractivity contribution is -0.131. The normalized spacial score (nSPS) is 28.6. The van der Waals surface area contributed by atoms with Gasteiger partial charge in [-0.25, -0.2) is 0 Å². The summed E-state index contributed by atoms with van der Waals surface area (Å²) in [5, 5.41) is 6.87. The highest BCUT2D eigenvalue weighted by Crippen LogP contribution is 2.36. The maximum absolute atomic E-state index is 12.7. The first kappa shape index (κ1) is 15.3. The highest BCUT2D eigenvalue weighted by molar-refractivity contribution is 5.81. The van der Waals surface area contributed by atoms with Crippen LogP contribution in [0.5, 0.6) is 0 Å². The molecule has 1 atom stereocenters. The van der Waals surface area contributed by atoms with Crippen LogP contribution < -0.4 is 10.6 Å². The van der Waals surface area contributed by atoms with E-state index in [9.17, 15) is 4.79 Å². The first-order chi connectivity index (χ1) is 10.2. The van der Waals surface area contributed by atoms with Crippen LogP contribution in [0.2, 0.25) is 0 Å². The third-order valence-electron chi connectivity index (χ3n) is 5.93. The number of nitrogens with one attached hydrogen (secondary N) is 2. The quantitative estimate of drug-likeness (QED) is 0.837. The second kappa shape index (κ2) is 6.66. The molecule has 3 fully saturated rings. The lowest BCUT2D eigenvalue weighted by Gasteiger charge is -2.52. The van der Waals surface area contributed by atoms with Crippen LogP contribution in [-0.2, 0) is 4.79 Å². The smallest absolute Gasteiger partial charge is 0.237 e. The predicted octanol–water partition coefficient (Wildman–Crippen LogP) is 2.04. The Morgan fingerprint density at radius 2 is 1.90 bits per heavy atom. The summed E-state index contributed by atoms with van der Waals surface area (Å²) in [6, 6.07) is 0.455. The number of amides is 1. The summed E-state index contributed by atoms with van der Waals surface area (Å²) in [4.78, 5) is 15.2. The molecule has 3 rings (SSSR count). The molecule has 1 spiro atoms. The number of hydrogen-bond acceptors (Lipinski definition) is 3. The van der Waals surface area contributed by atoms with Crippen LogP contribution in [0.1, 0.15) is 64.7 Å². The fraction of sp³-hybridized carbons (Fsp3) is 0.941. The molecule has 4 heteroatoms. The molecule has 0 aromatic heterocycles. The molecule has 3 aliphatic rings. The molecule has 1 heterocycles. The van der Waals surface area contributed by atoms with Crippen LogP contribution in [0.4, 0.5) is 0 Å². The minimum atomic E-state index is 0.0193. The van der Waals surface area contributed by atoms with Gasteiger partial charge in [-0.15, -0.1) is 0 Å². The molecule has 0 radical (unpaired) electrons. The first-order valence-corrected chi connectivity index (χ1v) is 8.99. The summed E-state index contributed by atoms with van der Waals surface area (Å²) < 4.78 is 0. The van der Waals surface area contributed by atoms with Crippen molar-refractivity contribution in [2.45, 2.75) is 82.3 Å². The predicted molar refractivity (Wildman–Crippen MR) is 85.3 cm³/mol. The molecule has 21 heavy (non-hydrogen) atoms. The number of hydrogen-bond donors (Lipinski definition) is 2. The van der Waals surface area contributed by atoms with E-state index in [0.717, 1.165) is 19.6 Å². The van der Waals surface area contributed by atoms with Crippen molar-refractivity contribution in [3.63, 3.8) is 0 Å². The molecule has 2 saturated carbocycles. The molecular weight excluding hydrogens is 262 g/mol. The van der Waals surface area contributed by atoms with Gasteiger partial charge < -0.3 is 10.6 Å². The van der Waals surface area contributed by atoms with Gasteiger partial charge in [-0.2, -0.15) is 0 Å². The van der Waals surface area contributed by atoms with E-state index in [-0.39, 0.29) is 17.5 Å². The van der Waals surface area contributed by atoms with Crippen LogP contribution in [0.25, 0.3) is 0 Å². The Labute approximate surface area is 129 Å². The van der Waals surface area contributed by atoms with Crippen molar-refractivity contribution in [2.24, 2.45) is 0 Å². The number of rotatable bonds is 3. The van der Waals surface area contributed by atoms with Crippen molar-refractivity contribution in [3.05, 3.63) is 0 Å². The third kappa shape index (κ3) is 3.26. The summed E-state index contributed by atoms with van der Waals surface area (Å²) in [6.45, 7) is 5.21. The van der Waals surface area contributed by atoms with Gasteiger partial charge >= 0.3 is 0 Å². The zero-order valence-corrected chi connectivity index (χ0v) is 13.5. The highest BCUT2D eigenvalue weighted by atomic mass is 16.2. The van der Waals surface area contributed by atoms with Crippen molar-refractivity contribution >= 4 is 5.91 Å². The van der Waals surface area contributed by atoms with Crippen molar-refractivity contribution in [1.82, 2.24) is 15.5 Å². The van der Waals surface area contributed by atoms with Gasteiger partial charge in [0.05, 0.1) is 6.04 Å². The van der Waals surface area contributed by atoms with Crippen LogP contribution in [0.15, 0.2) is 0 Å². The Kier molecular flexibility index (Phi) is 4.85. The molecule has 0 bridgehead atoms. The summed E-state index contributed by atoms with van der Waals surface area (Å²) in [5.41, 5.74) is 0.239. The largest absolute Gasteiger partial charge is 0.352 e. The van der Waals surface area contributed by atoms with E-state index in [1.807, 2.05) is 0 Å². The molecule has 1 saturated heterocycles. The van der Waals surface area contributed by atoms with E-state index >= 15 is 0 Å². The van der Waals surface area contributed by atoms with Crippen LogP contribution >= 0.6 is 0 Å². The molecule has 0 aromatic carbocycles. The van der Waals surface area contributed by atoms with E-state index in [2.05, 4.69) is 22.5 Å². The average molecular weight is 293 g/mol. The molecule has 1 unspecified atom stereocenters. The lowest BCUT2D eigenvalue weighted by atomic mass is 9.78. The number of nitrogens with zero attached hydrogens (tertiary/aromatic N) is 1. The average Bonchev–Trinajstić information content (AvgIpc) is 3.01. The van der Waals surface area contributed by atoms with Crippen molar-refractivity contribution in [3.8, 4) is 0 Å². The van der Waals surface area contributed by atoms with Crippen molar-refractivity contribution < 1.29 is 4.79 Å². The minimum absolute atomic E-state index is 0.0193. The second-order valence-corrected chi connectivity index (χ2v) is 7.32. The molecule has 2 aliphatic carbocycles. The minimum Gasteiger partial charge on any atom is -0.352 e. The Morgan fingerprint density at radius 3 is 2.62 bits per heavy atom. The van der Waals surface area contributed by atoms with Gasteiger partial charge in [0.1, 0.15) is 0 Å². The summed E-state index contributed by atoms with van der Waals surface area (Å²) in [6.07, 6.45) is 11.4. The van der Waals surface area contributed by atoms with Crippen LogP contribution in [0, 0.1) is 0 Å². The van der Waals surface area contributed by atoms with E-state index in [1.54, 1.807) is 0 Å². The standard InChI is InChI=1S/C17H31N3O/c1-14(16(21)19-15-7-3-4-8-15)20-12-11-18-13-17(20)9-5-2-6-10-17/h14-15,18H,2-13H2,1H3,(H,19,21). The van der Waals surface area contributed by atoms with E-state index < -0.39 is 0 Å². The topological polar surface area (TPSA) is 44.4 Å². The van der Waals surface area contributed by atoms with Gasteiger partial charge in [0.25, 0.3) is 0 Å². The summed E-state index contributed by atoms with van der Waals surface area (Å²) >= 11 is 0. The van der Waals surface area contributed by atoms with Gasteiger partial charge in [-0.3, -0.25) is 9.69 Å². The fourth-order valence-electron chi connectivity index (χ4n) is 4.67. The SMILES string of the molecule is CC(C(=O)NC1CCCC1)N1CCNCC12CCCCC2. The third-order valence-corrected chi connectivity index (χ3v) is 5.93. The molecule has 2 N–H and O–H groups in total. The Balaban J connectivity index is 1.65.